The van der Waals surface area contributed by atoms with Crippen molar-refractivity contribution in [1.82, 2.24) is 0 Å². The van der Waals surface area contributed by atoms with Crippen LogP contribution in [-0.2, 0) is 0 Å². The van der Waals surface area contributed by atoms with Gasteiger partial charge in [0.15, 0.2) is 11.6 Å². The highest BCUT2D eigenvalue weighted by Crippen LogP contribution is 2.28. The minimum absolute atomic E-state index is 0.0980. The molecule has 1 N–H and O–H groups in total. The van der Waals surface area contributed by atoms with Gasteiger partial charge in [0, 0.05) is 16.7 Å². The molecule has 0 aliphatic heterocycles. The first-order valence-electron chi connectivity index (χ1n) is 5.59. The zero-order valence-corrected chi connectivity index (χ0v) is 11.0. The van der Waals surface area contributed by atoms with Crippen molar-refractivity contribution in [3.63, 3.8) is 0 Å². The van der Waals surface area contributed by atoms with E-state index in [0.29, 0.717) is 6.07 Å². The normalized spacial score (nSPS) is 10.2. The van der Waals surface area contributed by atoms with Crippen LogP contribution in [0.4, 0.5) is 20.2 Å². The summed E-state index contributed by atoms with van der Waals surface area (Å²) in [7, 11) is 0. The van der Waals surface area contributed by atoms with Gasteiger partial charge in [-0.15, -0.1) is 0 Å². The van der Waals surface area contributed by atoms with Crippen LogP contribution < -0.4 is 5.32 Å². The summed E-state index contributed by atoms with van der Waals surface area (Å²) in [6.07, 6.45) is 0. The van der Waals surface area contributed by atoms with Crippen LogP contribution >= 0.6 is 11.6 Å². The van der Waals surface area contributed by atoms with E-state index in [1.807, 2.05) is 0 Å². The van der Waals surface area contributed by atoms with Crippen LogP contribution in [0.1, 0.15) is 10.4 Å². The second-order valence-corrected chi connectivity index (χ2v) is 4.44. The molecule has 0 spiro atoms. The maximum absolute atomic E-state index is 13.1. The van der Waals surface area contributed by atoms with Gasteiger partial charge >= 0.3 is 0 Å². The first-order chi connectivity index (χ1) is 9.88. The predicted molar refractivity (Wildman–Crippen MR) is 72.4 cm³/mol. The molecule has 0 atom stereocenters. The van der Waals surface area contributed by atoms with Gasteiger partial charge in [-0.3, -0.25) is 14.9 Å². The molecule has 8 heteroatoms. The lowest BCUT2D eigenvalue weighted by Gasteiger charge is -2.06. The summed E-state index contributed by atoms with van der Waals surface area (Å²) in [5, 5.41) is 13.3. The number of amides is 1. The molecule has 2 aromatic rings. The number of hydrogen-bond donors (Lipinski definition) is 1. The summed E-state index contributed by atoms with van der Waals surface area (Å²) >= 11 is 5.64. The Labute approximate surface area is 122 Å². The van der Waals surface area contributed by atoms with E-state index in [0.717, 1.165) is 18.2 Å². The number of nitrogens with one attached hydrogen (secondary N) is 1. The largest absolute Gasteiger partial charge is 0.316 e. The summed E-state index contributed by atoms with van der Waals surface area (Å²) in [5.74, 6) is -3.09. The van der Waals surface area contributed by atoms with Gasteiger partial charge in [0.1, 0.15) is 5.69 Å². The average molecular weight is 313 g/mol. The van der Waals surface area contributed by atoms with Crippen LogP contribution in [0.3, 0.4) is 0 Å². The maximum Gasteiger partial charge on any atom is 0.294 e. The van der Waals surface area contributed by atoms with Crippen molar-refractivity contribution in [3.8, 4) is 0 Å². The average Bonchev–Trinajstić information content (AvgIpc) is 2.43. The molecule has 21 heavy (non-hydrogen) atoms. The molecule has 2 aromatic carbocycles. The van der Waals surface area contributed by atoms with Crippen molar-refractivity contribution in [2.45, 2.75) is 0 Å². The number of nitro groups is 1. The second kappa shape index (κ2) is 5.84. The number of nitrogens with zero attached hydrogens (tertiary/aromatic N) is 1. The molecule has 0 heterocycles. The number of carbonyl (C=O) groups is 1. The second-order valence-electron chi connectivity index (χ2n) is 4.00. The van der Waals surface area contributed by atoms with Crippen LogP contribution in [0, 0.1) is 21.7 Å². The Morgan fingerprint density at radius 1 is 1.14 bits per heavy atom. The van der Waals surface area contributed by atoms with Crippen molar-refractivity contribution >= 4 is 28.9 Å². The molecule has 108 valence electrons. The third kappa shape index (κ3) is 3.32. The van der Waals surface area contributed by atoms with E-state index in [-0.39, 0.29) is 16.3 Å². The fourth-order valence-electron chi connectivity index (χ4n) is 1.59. The lowest BCUT2D eigenvalue weighted by Crippen LogP contribution is -2.13. The molecule has 0 radical (unpaired) electrons. The van der Waals surface area contributed by atoms with Crippen LogP contribution in [0.2, 0.25) is 5.02 Å². The molecule has 0 unspecified atom stereocenters. The smallest absolute Gasteiger partial charge is 0.294 e. The molecule has 5 nitrogen and oxygen atoms in total. The van der Waals surface area contributed by atoms with Crippen molar-refractivity contribution in [2.75, 3.05) is 5.32 Å². The van der Waals surface area contributed by atoms with Gasteiger partial charge in [-0.2, -0.15) is 0 Å². The Balaban J connectivity index is 2.31. The number of anilines is 1. The van der Waals surface area contributed by atoms with E-state index >= 15 is 0 Å². The van der Waals surface area contributed by atoms with Gasteiger partial charge in [-0.1, -0.05) is 11.6 Å². The quantitative estimate of drug-likeness (QED) is 0.692. The van der Waals surface area contributed by atoms with Crippen molar-refractivity contribution in [3.05, 3.63) is 68.7 Å². The molecule has 0 aliphatic carbocycles. The van der Waals surface area contributed by atoms with Crippen LogP contribution in [0.25, 0.3) is 0 Å². The highest BCUT2D eigenvalue weighted by atomic mass is 35.5. The molecule has 0 saturated carbocycles. The standard InChI is InChI=1S/C13H7ClF2N2O3/c14-8-2-4-11(12(6-8)18(20)21)17-13(19)7-1-3-9(15)10(16)5-7/h1-6H,(H,17,19). The number of nitro benzene ring substituents is 1. The number of benzene rings is 2. The van der Waals surface area contributed by atoms with E-state index < -0.39 is 28.2 Å². The third-order valence-electron chi connectivity index (χ3n) is 2.59. The van der Waals surface area contributed by atoms with Gasteiger partial charge in [0.05, 0.1) is 4.92 Å². The Morgan fingerprint density at radius 2 is 1.86 bits per heavy atom. The Kier molecular flexibility index (Phi) is 4.13. The SMILES string of the molecule is O=C(Nc1ccc(Cl)cc1[N+](=O)[O-])c1ccc(F)c(F)c1. The lowest BCUT2D eigenvalue weighted by molar-refractivity contribution is -0.383. The zero-order chi connectivity index (χ0) is 15.6. The van der Waals surface area contributed by atoms with E-state index in [2.05, 4.69) is 5.32 Å². The molecule has 0 saturated heterocycles. The Morgan fingerprint density at radius 3 is 2.48 bits per heavy atom. The Hall–Kier alpha value is -2.54. The van der Waals surface area contributed by atoms with Crippen molar-refractivity contribution in [2.24, 2.45) is 0 Å². The lowest BCUT2D eigenvalue weighted by atomic mass is 10.2. The first kappa shape index (κ1) is 14.9. The number of rotatable bonds is 3. The highest BCUT2D eigenvalue weighted by molar-refractivity contribution is 6.31. The molecule has 0 bridgehead atoms. The molecule has 0 aliphatic rings. The van der Waals surface area contributed by atoms with Gasteiger partial charge in [0.2, 0.25) is 0 Å². The van der Waals surface area contributed by atoms with Crippen LogP contribution in [0.15, 0.2) is 36.4 Å². The van der Waals surface area contributed by atoms with Gasteiger partial charge in [-0.05, 0) is 30.3 Å². The zero-order valence-electron chi connectivity index (χ0n) is 10.3. The van der Waals surface area contributed by atoms with Crippen LogP contribution in [0.5, 0.6) is 0 Å². The predicted octanol–water partition coefficient (Wildman–Crippen LogP) is 3.78. The summed E-state index contributed by atoms with van der Waals surface area (Å²) in [5.41, 5.74) is -0.671. The van der Waals surface area contributed by atoms with Gasteiger partial charge in [-0.25, -0.2) is 8.78 Å². The van der Waals surface area contributed by atoms with E-state index in [9.17, 15) is 23.7 Å². The fourth-order valence-corrected chi connectivity index (χ4v) is 1.76. The fraction of sp³-hybridized carbons (Fsp3) is 0. The van der Waals surface area contributed by atoms with E-state index in [1.165, 1.54) is 12.1 Å². The molecule has 0 aromatic heterocycles. The van der Waals surface area contributed by atoms with Crippen molar-refractivity contribution in [1.29, 1.82) is 0 Å². The molecular formula is C13H7ClF2N2O3. The van der Waals surface area contributed by atoms with Crippen molar-refractivity contribution < 1.29 is 18.5 Å². The molecule has 0 fully saturated rings. The van der Waals surface area contributed by atoms with Crippen LogP contribution in [-0.4, -0.2) is 10.8 Å². The monoisotopic (exact) mass is 312 g/mol. The summed E-state index contributed by atoms with van der Waals surface area (Å²) < 4.78 is 25.9. The molecular weight excluding hydrogens is 306 g/mol. The summed E-state index contributed by atoms with van der Waals surface area (Å²) in [6, 6.07) is 6.23. The minimum atomic E-state index is -1.19. The summed E-state index contributed by atoms with van der Waals surface area (Å²) in [4.78, 5) is 22.0. The minimum Gasteiger partial charge on any atom is -0.316 e. The number of halogens is 3. The molecule has 1 amide bonds. The van der Waals surface area contributed by atoms with Gasteiger partial charge < -0.3 is 5.32 Å². The Bertz CT molecular complexity index is 737. The topological polar surface area (TPSA) is 72.2 Å². The van der Waals surface area contributed by atoms with Gasteiger partial charge in [0.25, 0.3) is 11.6 Å². The van der Waals surface area contributed by atoms with E-state index in [4.69, 9.17) is 11.6 Å². The number of hydrogen-bond acceptors (Lipinski definition) is 3. The highest BCUT2D eigenvalue weighted by Gasteiger charge is 2.18. The number of carbonyl (C=O) groups excluding carboxylic acids is 1. The first-order valence-corrected chi connectivity index (χ1v) is 5.96. The third-order valence-corrected chi connectivity index (χ3v) is 2.82. The van der Waals surface area contributed by atoms with E-state index in [1.54, 1.807) is 0 Å². The maximum atomic E-state index is 13.1. The molecule has 2 rings (SSSR count). The summed E-state index contributed by atoms with van der Waals surface area (Å²) in [6.45, 7) is 0.